The Morgan fingerprint density at radius 1 is 1.35 bits per heavy atom. The van der Waals surface area contributed by atoms with Crippen molar-refractivity contribution in [1.29, 1.82) is 0 Å². The number of sulfone groups is 1. The second-order valence-electron chi connectivity index (χ2n) is 4.58. The summed E-state index contributed by atoms with van der Waals surface area (Å²) in [7, 11) is 0.852. The first kappa shape index (κ1) is 14.7. The number of likely N-dealkylation sites (N-methyl/N-ethyl adjacent to an activating group) is 1. The Labute approximate surface area is 108 Å². The summed E-state index contributed by atoms with van der Waals surface area (Å²) in [6, 6.07) is -0.203. The molecular formula is C10H19ClN2O3S. The Bertz CT molecular complexity index is 370. The third-order valence-electron chi connectivity index (χ3n) is 2.87. The van der Waals surface area contributed by atoms with Gasteiger partial charge in [-0.05, 0) is 20.5 Å². The van der Waals surface area contributed by atoms with Gasteiger partial charge in [0.2, 0.25) is 5.91 Å². The van der Waals surface area contributed by atoms with E-state index in [2.05, 4.69) is 0 Å². The Morgan fingerprint density at radius 3 is 2.41 bits per heavy atom. The molecule has 0 aromatic carbocycles. The summed E-state index contributed by atoms with van der Waals surface area (Å²) in [6.07, 6.45) is 0.526. The van der Waals surface area contributed by atoms with Crippen LogP contribution < -0.4 is 0 Å². The minimum atomic E-state index is -2.97. The molecule has 0 unspecified atom stereocenters. The zero-order valence-electron chi connectivity index (χ0n) is 10.2. The fourth-order valence-electron chi connectivity index (χ4n) is 1.92. The molecule has 0 bridgehead atoms. The van der Waals surface area contributed by atoms with Crippen LogP contribution in [0.1, 0.15) is 6.42 Å². The molecule has 5 nitrogen and oxygen atoms in total. The maximum atomic E-state index is 11.7. The van der Waals surface area contributed by atoms with Crippen molar-refractivity contribution in [2.45, 2.75) is 12.5 Å². The van der Waals surface area contributed by atoms with Gasteiger partial charge in [0.25, 0.3) is 0 Å². The van der Waals surface area contributed by atoms with Crippen LogP contribution in [0.4, 0.5) is 0 Å². The van der Waals surface area contributed by atoms with Crippen molar-refractivity contribution in [2.75, 3.05) is 44.6 Å². The smallest absolute Gasteiger partial charge is 0.237 e. The highest BCUT2D eigenvalue weighted by molar-refractivity contribution is 7.91. The van der Waals surface area contributed by atoms with Crippen LogP contribution in [0.5, 0.6) is 0 Å². The second kappa shape index (κ2) is 6.02. The number of hydrogen-bond acceptors (Lipinski definition) is 4. The van der Waals surface area contributed by atoms with Crippen molar-refractivity contribution in [3.63, 3.8) is 0 Å². The molecule has 0 saturated carbocycles. The lowest BCUT2D eigenvalue weighted by Gasteiger charge is -2.28. The van der Waals surface area contributed by atoms with Crippen molar-refractivity contribution in [3.8, 4) is 0 Å². The molecular weight excluding hydrogens is 264 g/mol. The lowest BCUT2D eigenvalue weighted by Crippen LogP contribution is -2.45. The van der Waals surface area contributed by atoms with Gasteiger partial charge < -0.3 is 9.80 Å². The molecule has 17 heavy (non-hydrogen) atoms. The van der Waals surface area contributed by atoms with Gasteiger partial charge in [-0.15, -0.1) is 11.6 Å². The number of alkyl halides is 1. The van der Waals surface area contributed by atoms with Gasteiger partial charge >= 0.3 is 0 Å². The van der Waals surface area contributed by atoms with Gasteiger partial charge in [0.1, 0.15) is 5.88 Å². The number of amides is 1. The molecule has 1 rings (SSSR count). The summed E-state index contributed by atoms with van der Waals surface area (Å²) >= 11 is 5.56. The van der Waals surface area contributed by atoms with E-state index in [0.29, 0.717) is 19.5 Å². The van der Waals surface area contributed by atoms with Crippen LogP contribution in [0.25, 0.3) is 0 Å². The average Bonchev–Trinajstić information content (AvgIpc) is 2.58. The molecule has 0 aliphatic carbocycles. The van der Waals surface area contributed by atoms with Gasteiger partial charge in [-0.2, -0.15) is 0 Å². The minimum Gasteiger partial charge on any atom is -0.336 e. The van der Waals surface area contributed by atoms with E-state index in [9.17, 15) is 13.2 Å². The molecule has 1 heterocycles. The van der Waals surface area contributed by atoms with Crippen LogP contribution in [0.2, 0.25) is 0 Å². The van der Waals surface area contributed by atoms with Crippen LogP contribution in [-0.2, 0) is 14.6 Å². The van der Waals surface area contributed by atoms with Crippen LogP contribution in [0.3, 0.4) is 0 Å². The molecule has 1 aliphatic heterocycles. The van der Waals surface area contributed by atoms with Crippen molar-refractivity contribution >= 4 is 27.3 Å². The lowest BCUT2D eigenvalue weighted by atomic mass is 10.2. The van der Waals surface area contributed by atoms with Crippen LogP contribution in [-0.4, -0.2) is 74.7 Å². The molecule has 0 radical (unpaired) electrons. The highest BCUT2D eigenvalue weighted by Crippen LogP contribution is 2.18. The molecule has 7 heteroatoms. The zero-order chi connectivity index (χ0) is 13.1. The normalized spacial score (nSPS) is 22.9. The first-order valence-corrected chi connectivity index (χ1v) is 7.92. The molecule has 0 spiro atoms. The Morgan fingerprint density at radius 2 is 2.00 bits per heavy atom. The summed E-state index contributed by atoms with van der Waals surface area (Å²) in [5, 5.41) is 0. The highest BCUT2D eigenvalue weighted by Gasteiger charge is 2.34. The van der Waals surface area contributed by atoms with Gasteiger partial charge in [0.05, 0.1) is 11.5 Å². The monoisotopic (exact) mass is 282 g/mol. The van der Waals surface area contributed by atoms with E-state index in [1.165, 1.54) is 0 Å². The van der Waals surface area contributed by atoms with Gasteiger partial charge in [0, 0.05) is 19.1 Å². The van der Waals surface area contributed by atoms with Crippen molar-refractivity contribution in [1.82, 2.24) is 9.80 Å². The van der Waals surface area contributed by atoms with E-state index in [4.69, 9.17) is 11.6 Å². The third kappa shape index (κ3) is 4.44. The first-order chi connectivity index (χ1) is 7.85. The predicted octanol–water partition coefficient (Wildman–Crippen LogP) is -0.197. The van der Waals surface area contributed by atoms with Crippen molar-refractivity contribution in [2.24, 2.45) is 0 Å². The number of carbonyl (C=O) groups is 1. The van der Waals surface area contributed by atoms with Crippen molar-refractivity contribution in [3.05, 3.63) is 0 Å². The molecule has 0 N–H and O–H groups in total. The quantitative estimate of drug-likeness (QED) is 0.656. The summed E-state index contributed by atoms with van der Waals surface area (Å²) in [5.74, 6) is -0.0331. The van der Waals surface area contributed by atoms with Gasteiger partial charge in [-0.25, -0.2) is 8.42 Å². The van der Waals surface area contributed by atoms with E-state index in [0.717, 1.165) is 0 Å². The number of carbonyl (C=O) groups excluding carboxylic acids is 1. The number of nitrogens with zero attached hydrogens (tertiary/aromatic N) is 2. The molecule has 1 aliphatic rings. The standard InChI is InChI=1S/C10H19ClN2O3S/c1-12(2)4-5-13(10(14)7-11)9-3-6-17(15,16)8-9/h9H,3-8H2,1-2H3/t9-/m1/s1. The first-order valence-electron chi connectivity index (χ1n) is 5.56. The Hall–Kier alpha value is -0.330. The molecule has 1 saturated heterocycles. The van der Waals surface area contributed by atoms with Gasteiger partial charge in [0.15, 0.2) is 9.84 Å². The molecule has 1 atom stereocenters. The summed E-state index contributed by atoms with van der Waals surface area (Å²) < 4.78 is 22.8. The fourth-order valence-corrected chi connectivity index (χ4v) is 3.80. The maximum Gasteiger partial charge on any atom is 0.237 e. The number of hydrogen-bond donors (Lipinski definition) is 0. The second-order valence-corrected chi connectivity index (χ2v) is 7.08. The topological polar surface area (TPSA) is 57.7 Å². The predicted molar refractivity (Wildman–Crippen MR) is 68.0 cm³/mol. The summed E-state index contributed by atoms with van der Waals surface area (Å²) in [4.78, 5) is 15.3. The highest BCUT2D eigenvalue weighted by atomic mass is 35.5. The molecule has 0 aromatic heterocycles. The van der Waals surface area contributed by atoms with Crippen LogP contribution in [0.15, 0.2) is 0 Å². The zero-order valence-corrected chi connectivity index (χ0v) is 11.8. The van der Waals surface area contributed by atoms with E-state index >= 15 is 0 Å². The maximum absolute atomic E-state index is 11.7. The minimum absolute atomic E-state index is 0.0725. The summed E-state index contributed by atoms with van der Waals surface area (Å²) in [6.45, 7) is 1.23. The molecule has 0 aromatic rings. The SMILES string of the molecule is CN(C)CCN(C(=O)CCl)[C@@H]1CCS(=O)(=O)C1. The molecule has 100 valence electrons. The molecule has 1 fully saturated rings. The molecule has 1 amide bonds. The largest absolute Gasteiger partial charge is 0.336 e. The number of rotatable bonds is 5. The van der Waals surface area contributed by atoms with Gasteiger partial charge in [-0.3, -0.25) is 4.79 Å². The van der Waals surface area contributed by atoms with Crippen LogP contribution in [0, 0.1) is 0 Å². The van der Waals surface area contributed by atoms with E-state index in [1.54, 1.807) is 4.90 Å². The van der Waals surface area contributed by atoms with Gasteiger partial charge in [-0.1, -0.05) is 0 Å². The fraction of sp³-hybridized carbons (Fsp3) is 0.900. The Kier molecular flexibility index (Phi) is 5.22. The average molecular weight is 283 g/mol. The summed E-state index contributed by atoms with van der Waals surface area (Å²) in [5.41, 5.74) is 0. The third-order valence-corrected chi connectivity index (χ3v) is 4.85. The van der Waals surface area contributed by atoms with E-state index < -0.39 is 9.84 Å². The van der Waals surface area contributed by atoms with E-state index in [-0.39, 0.29) is 29.3 Å². The van der Waals surface area contributed by atoms with Crippen molar-refractivity contribution < 1.29 is 13.2 Å². The van der Waals surface area contributed by atoms with Crippen LogP contribution >= 0.6 is 11.6 Å². The number of halogens is 1. The lowest BCUT2D eigenvalue weighted by molar-refractivity contribution is -0.130. The van der Waals surface area contributed by atoms with E-state index in [1.807, 2.05) is 19.0 Å². The Balaban J connectivity index is 2.67.